The first-order valence-corrected chi connectivity index (χ1v) is 10.2. The lowest BCUT2D eigenvalue weighted by Crippen LogP contribution is -2.34. The van der Waals surface area contributed by atoms with Crippen LogP contribution in [0.3, 0.4) is 0 Å². The third-order valence-electron chi connectivity index (χ3n) is 3.92. The van der Waals surface area contributed by atoms with Crippen molar-refractivity contribution < 1.29 is 14.3 Å². The minimum absolute atomic E-state index is 0.0570. The van der Waals surface area contributed by atoms with Gasteiger partial charge in [0.05, 0.1) is 14.2 Å². The summed E-state index contributed by atoms with van der Waals surface area (Å²) in [6, 6.07) is 15.7. The monoisotopic (exact) mass is 416 g/mol. The van der Waals surface area contributed by atoms with Crippen molar-refractivity contribution in [1.82, 2.24) is 10.2 Å². The minimum atomic E-state index is -0.0722. The fraction of sp³-hybridized carbons (Fsp3) is 0.333. The van der Waals surface area contributed by atoms with Gasteiger partial charge in [0.25, 0.3) is 0 Å². The van der Waals surface area contributed by atoms with Crippen LogP contribution in [-0.4, -0.2) is 63.9 Å². The first-order valence-electron chi connectivity index (χ1n) is 9.19. The van der Waals surface area contributed by atoms with Crippen molar-refractivity contribution in [2.75, 3.05) is 52.5 Å². The molecule has 0 radical (unpaired) electrons. The molecule has 2 aromatic rings. The molecule has 0 heterocycles. The second-order valence-corrected chi connectivity index (χ2v) is 7.40. The summed E-state index contributed by atoms with van der Waals surface area (Å²) in [5.41, 5.74) is 0.780. The van der Waals surface area contributed by atoms with Crippen molar-refractivity contribution in [3.8, 4) is 11.5 Å². The number of hydrogen-bond donors (Lipinski definition) is 2. The van der Waals surface area contributed by atoms with Crippen molar-refractivity contribution >= 4 is 29.3 Å². The van der Waals surface area contributed by atoms with Crippen molar-refractivity contribution in [1.29, 1.82) is 0 Å². The first-order chi connectivity index (χ1) is 14.0. The van der Waals surface area contributed by atoms with E-state index in [4.69, 9.17) is 9.47 Å². The van der Waals surface area contributed by atoms with Gasteiger partial charge >= 0.3 is 0 Å². The molecular formula is C21H28N4O3S. The number of benzene rings is 2. The number of likely N-dealkylation sites (N-methyl/N-ethyl adjacent to an activating group) is 1. The molecule has 2 rings (SSSR count). The van der Waals surface area contributed by atoms with E-state index in [-0.39, 0.29) is 12.5 Å². The molecule has 8 heteroatoms. The van der Waals surface area contributed by atoms with Crippen LogP contribution in [-0.2, 0) is 4.79 Å². The molecule has 2 aromatic carbocycles. The summed E-state index contributed by atoms with van der Waals surface area (Å²) in [4.78, 5) is 19.1. The van der Waals surface area contributed by atoms with Crippen LogP contribution >= 0.6 is 11.8 Å². The Morgan fingerprint density at radius 2 is 1.79 bits per heavy atom. The normalized spacial score (nSPS) is 11.0. The Kier molecular flexibility index (Phi) is 9.17. The third kappa shape index (κ3) is 7.57. The highest BCUT2D eigenvalue weighted by Gasteiger charge is 2.08. The lowest BCUT2D eigenvalue weighted by molar-refractivity contribution is -0.127. The molecule has 0 saturated carbocycles. The molecule has 0 aliphatic heterocycles. The van der Waals surface area contributed by atoms with Gasteiger partial charge in [-0.05, 0) is 24.3 Å². The number of ether oxygens (including phenoxy) is 2. The number of amides is 1. The van der Waals surface area contributed by atoms with Gasteiger partial charge in [-0.3, -0.25) is 4.79 Å². The Bertz CT molecular complexity index is 813. The van der Waals surface area contributed by atoms with Crippen molar-refractivity contribution in [2.24, 2.45) is 4.99 Å². The molecule has 7 nitrogen and oxygen atoms in total. The van der Waals surface area contributed by atoms with Gasteiger partial charge in [-0.1, -0.05) is 18.2 Å². The molecule has 156 valence electrons. The Hall–Kier alpha value is -2.87. The number of rotatable bonds is 9. The number of guanidine groups is 1. The molecule has 0 atom stereocenters. The van der Waals surface area contributed by atoms with E-state index in [1.165, 1.54) is 9.80 Å². The SMILES string of the molecule is COc1ccc(NC(=NCC(=O)N(C)C)NCCSc2ccccc2)cc1OC. The smallest absolute Gasteiger partial charge is 0.243 e. The summed E-state index contributed by atoms with van der Waals surface area (Å²) in [7, 11) is 6.61. The third-order valence-corrected chi connectivity index (χ3v) is 4.94. The van der Waals surface area contributed by atoms with Gasteiger partial charge in [0, 0.05) is 43.0 Å². The van der Waals surface area contributed by atoms with Gasteiger partial charge in [0.15, 0.2) is 17.5 Å². The van der Waals surface area contributed by atoms with Gasteiger partial charge in [-0.25, -0.2) is 4.99 Å². The van der Waals surface area contributed by atoms with Gasteiger partial charge in [0.1, 0.15) is 6.54 Å². The average Bonchev–Trinajstić information content (AvgIpc) is 2.74. The molecule has 0 bridgehead atoms. The van der Waals surface area contributed by atoms with Crippen LogP contribution in [0.15, 0.2) is 58.4 Å². The van der Waals surface area contributed by atoms with Crippen molar-refractivity contribution in [3.05, 3.63) is 48.5 Å². The zero-order valence-corrected chi connectivity index (χ0v) is 18.1. The number of aliphatic imine (C=N–C) groups is 1. The van der Waals surface area contributed by atoms with Gasteiger partial charge < -0.3 is 25.0 Å². The quantitative estimate of drug-likeness (QED) is 0.283. The first kappa shape index (κ1) is 22.4. The number of carbonyl (C=O) groups is 1. The molecule has 0 fully saturated rings. The number of nitrogens with one attached hydrogen (secondary N) is 2. The topological polar surface area (TPSA) is 75.2 Å². The minimum Gasteiger partial charge on any atom is -0.493 e. The lowest BCUT2D eigenvalue weighted by atomic mass is 10.3. The number of anilines is 1. The molecule has 0 spiro atoms. The van der Waals surface area contributed by atoms with Crippen LogP contribution in [0, 0.1) is 0 Å². The number of methoxy groups -OCH3 is 2. The molecule has 0 aliphatic carbocycles. The second kappa shape index (κ2) is 11.9. The van der Waals surface area contributed by atoms with Crippen molar-refractivity contribution in [3.63, 3.8) is 0 Å². The second-order valence-electron chi connectivity index (χ2n) is 6.24. The van der Waals surface area contributed by atoms with E-state index in [2.05, 4.69) is 27.8 Å². The number of hydrogen-bond acceptors (Lipinski definition) is 5. The molecular weight excluding hydrogens is 388 g/mol. The van der Waals surface area contributed by atoms with Gasteiger partial charge in [-0.2, -0.15) is 0 Å². The average molecular weight is 417 g/mol. The number of carbonyl (C=O) groups excluding carboxylic acids is 1. The predicted molar refractivity (Wildman–Crippen MR) is 119 cm³/mol. The number of thioether (sulfide) groups is 1. The van der Waals surface area contributed by atoms with E-state index >= 15 is 0 Å². The predicted octanol–water partition coefficient (Wildman–Crippen LogP) is 2.94. The molecule has 0 aromatic heterocycles. The van der Waals surface area contributed by atoms with Crippen molar-refractivity contribution in [2.45, 2.75) is 4.90 Å². The zero-order chi connectivity index (χ0) is 21.1. The fourth-order valence-electron chi connectivity index (χ4n) is 2.33. The van der Waals surface area contributed by atoms with Gasteiger partial charge in [0.2, 0.25) is 5.91 Å². The van der Waals surface area contributed by atoms with Crippen LogP contribution in [0.5, 0.6) is 11.5 Å². The maximum Gasteiger partial charge on any atom is 0.243 e. The largest absolute Gasteiger partial charge is 0.493 e. The van der Waals surface area contributed by atoms with Crippen LogP contribution in [0.2, 0.25) is 0 Å². The van der Waals surface area contributed by atoms with Gasteiger partial charge in [-0.15, -0.1) is 11.8 Å². The van der Waals surface area contributed by atoms with E-state index < -0.39 is 0 Å². The lowest BCUT2D eigenvalue weighted by Gasteiger charge is -2.15. The van der Waals surface area contributed by atoms with Crippen LogP contribution in [0.25, 0.3) is 0 Å². The molecule has 29 heavy (non-hydrogen) atoms. The summed E-state index contributed by atoms with van der Waals surface area (Å²) in [6.45, 7) is 0.746. The molecule has 0 unspecified atom stereocenters. The molecule has 1 amide bonds. The fourth-order valence-corrected chi connectivity index (χ4v) is 3.12. The Balaban J connectivity index is 2.02. The maximum absolute atomic E-state index is 11.9. The molecule has 0 saturated heterocycles. The van der Waals surface area contributed by atoms with E-state index in [0.717, 1.165) is 11.4 Å². The van der Waals surface area contributed by atoms with E-state index in [1.54, 1.807) is 40.1 Å². The van der Waals surface area contributed by atoms with Crippen LogP contribution in [0.4, 0.5) is 5.69 Å². The molecule has 2 N–H and O–H groups in total. The summed E-state index contributed by atoms with van der Waals surface area (Å²) in [6.07, 6.45) is 0. The Labute approximate surface area is 176 Å². The van der Waals surface area contributed by atoms with E-state index in [9.17, 15) is 4.79 Å². The Morgan fingerprint density at radius 1 is 1.07 bits per heavy atom. The highest BCUT2D eigenvalue weighted by Crippen LogP contribution is 2.29. The summed E-state index contributed by atoms with van der Waals surface area (Å²) in [5, 5.41) is 6.50. The molecule has 0 aliphatic rings. The highest BCUT2D eigenvalue weighted by molar-refractivity contribution is 7.99. The summed E-state index contributed by atoms with van der Waals surface area (Å²) >= 11 is 1.75. The van der Waals surface area contributed by atoms with Crippen LogP contribution in [0.1, 0.15) is 0 Å². The standard InChI is InChI=1S/C21H28N4O3S/c1-25(2)20(26)15-23-21(22-12-13-29-17-8-6-5-7-9-17)24-16-10-11-18(27-3)19(14-16)28-4/h5-11,14H,12-13,15H2,1-4H3,(H2,22,23,24). The zero-order valence-electron chi connectivity index (χ0n) is 17.3. The number of nitrogens with zero attached hydrogens (tertiary/aromatic N) is 2. The Morgan fingerprint density at radius 3 is 2.45 bits per heavy atom. The van der Waals surface area contributed by atoms with Crippen LogP contribution < -0.4 is 20.1 Å². The summed E-state index contributed by atoms with van der Waals surface area (Å²) < 4.78 is 10.6. The maximum atomic E-state index is 11.9. The highest BCUT2D eigenvalue weighted by atomic mass is 32.2. The summed E-state index contributed by atoms with van der Waals surface area (Å²) in [5.74, 6) is 2.57. The van der Waals surface area contributed by atoms with E-state index in [0.29, 0.717) is 24.0 Å². The van der Waals surface area contributed by atoms with E-state index in [1.807, 2.05) is 36.4 Å².